The number of rotatable bonds is 6. The lowest BCUT2D eigenvalue weighted by molar-refractivity contribution is 0.0695. The van der Waals surface area contributed by atoms with Crippen LogP contribution in [0.15, 0.2) is 70.7 Å². The van der Waals surface area contributed by atoms with Crippen LogP contribution < -0.4 is 0 Å². The molecule has 3 nitrogen and oxygen atoms in total. The third-order valence-electron chi connectivity index (χ3n) is 5.50. The first-order valence-electron chi connectivity index (χ1n) is 9.82. The molecule has 0 bridgehead atoms. The Kier molecular flexibility index (Phi) is 5.95. The second-order valence-electron chi connectivity index (χ2n) is 7.38. The second kappa shape index (κ2) is 8.78. The largest absolute Gasteiger partial charge is 0.478 e. The topological polar surface area (TPSA) is 50.2 Å². The van der Waals surface area contributed by atoms with E-state index in [0.717, 1.165) is 41.0 Å². The number of benzene rings is 2. The highest BCUT2D eigenvalue weighted by Crippen LogP contribution is 2.38. The Hall–Kier alpha value is -2.66. The zero-order valence-corrected chi connectivity index (χ0v) is 16.8. The van der Waals surface area contributed by atoms with Crippen molar-refractivity contribution >= 4 is 17.7 Å². The molecular formula is C24H22FNO2S. The van der Waals surface area contributed by atoms with Crippen LogP contribution in [-0.2, 0) is 12.8 Å². The Morgan fingerprint density at radius 2 is 1.93 bits per heavy atom. The summed E-state index contributed by atoms with van der Waals surface area (Å²) in [7, 11) is 0. The van der Waals surface area contributed by atoms with E-state index in [4.69, 9.17) is 0 Å². The highest BCUT2D eigenvalue weighted by molar-refractivity contribution is 7.99. The number of hydrogen-bond donors (Lipinski definition) is 1. The third-order valence-corrected chi connectivity index (χ3v) is 6.50. The van der Waals surface area contributed by atoms with Gasteiger partial charge in [0.15, 0.2) is 0 Å². The van der Waals surface area contributed by atoms with E-state index < -0.39 is 5.97 Å². The number of carbonyl (C=O) groups is 1. The average molecular weight is 408 g/mol. The van der Waals surface area contributed by atoms with Crippen LogP contribution in [0.2, 0.25) is 0 Å². The minimum atomic E-state index is -0.895. The normalized spacial score (nSPS) is 15.7. The van der Waals surface area contributed by atoms with Gasteiger partial charge in [-0.3, -0.25) is 4.98 Å². The van der Waals surface area contributed by atoms with Gasteiger partial charge in [0.25, 0.3) is 0 Å². The van der Waals surface area contributed by atoms with Gasteiger partial charge in [-0.05, 0) is 97.2 Å². The van der Waals surface area contributed by atoms with E-state index in [1.165, 1.54) is 29.5 Å². The van der Waals surface area contributed by atoms with Gasteiger partial charge in [-0.1, -0.05) is 17.8 Å². The molecular weight excluding hydrogens is 385 g/mol. The monoisotopic (exact) mass is 407 g/mol. The van der Waals surface area contributed by atoms with Crippen molar-refractivity contribution in [3.05, 3.63) is 89.0 Å². The summed E-state index contributed by atoms with van der Waals surface area (Å²) in [6.45, 7) is 0. The van der Waals surface area contributed by atoms with Gasteiger partial charge in [-0.15, -0.1) is 0 Å². The fourth-order valence-corrected chi connectivity index (χ4v) is 4.94. The van der Waals surface area contributed by atoms with Gasteiger partial charge in [-0.2, -0.15) is 0 Å². The van der Waals surface area contributed by atoms with Gasteiger partial charge in [-0.25, -0.2) is 9.18 Å². The van der Waals surface area contributed by atoms with Crippen LogP contribution in [0.25, 0.3) is 0 Å². The van der Waals surface area contributed by atoms with Crippen LogP contribution in [0.3, 0.4) is 0 Å². The Bertz CT molecular complexity index is 1020. The zero-order chi connectivity index (χ0) is 20.2. The van der Waals surface area contributed by atoms with Crippen molar-refractivity contribution in [2.24, 2.45) is 0 Å². The molecule has 1 aliphatic carbocycles. The molecule has 2 aromatic carbocycles. The lowest BCUT2D eigenvalue weighted by atomic mass is 9.80. The lowest BCUT2D eigenvalue weighted by Crippen LogP contribution is -2.12. The van der Waals surface area contributed by atoms with Gasteiger partial charge >= 0.3 is 5.97 Å². The molecule has 5 heteroatoms. The van der Waals surface area contributed by atoms with Gasteiger partial charge < -0.3 is 5.11 Å². The van der Waals surface area contributed by atoms with Crippen LogP contribution in [0.4, 0.5) is 4.39 Å². The van der Waals surface area contributed by atoms with E-state index in [0.29, 0.717) is 17.9 Å². The fraction of sp³-hybridized carbons (Fsp3) is 0.250. The van der Waals surface area contributed by atoms with Crippen LogP contribution in [0.1, 0.15) is 52.2 Å². The maximum Gasteiger partial charge on any atom is 0.336 e. The molecule has 1 aliphatic rings. The number of aromatic carboxylic acids is 1. The first-order valence-corrected chi connectivity index (χ1v) is 10.6. The lowest BCUT2D eigenvalue weighted by Gasteiger charge is -2.26. The highest BCUT2D eigenvalue weighted by atomic mass is 32.2. The summed E-state index contributed by atoms with van der Waals surface area (Å²) in [4.78, 5) is 17.7. The van der Waals surface area contributed by atoms with Gasteiger partial charge in [0, 0.05) is 22.2 Å². The summed E-state index contributed by atoms with van der Waals surface area (Å²) in [6, 6.07) is 14.8. The summed E-state index contributed by atoms with van der Waals surface area (Å²) in [5.41, 5.74) is 3.90. The van der Waals surface area contributed by atoms with Crippen LogP contribution in [-0.4, -0.2) is 16.1 Å². The molecule has 0 aliphatic heterocycles. The van der Waals surface area contributed by atoms with Gasteiger partial charge in [0.05, 0.1) is 5.56 Å². The smallest absolute Gasteiger partial charge is 0.336 e. The molecule has 0 amide bonds. The van der Waals surface area contributed by atoms with Crippen molar-refractivity contribution < 1.29 is 14.3 Å². The van der Waals surface area contributed by atoms with E-state index in [-0.39, 0.29) is 5.82 Å². The quantitative estimate of drug-likeness (QED) is 0.535. The number of halogens is 1. The van der Waals surface area contributed by atoms with Crippen LogP contribution >= 0.6 is 11.8 Å². The number of hydrogen-bond acceptors (Lipinski definition) is 3. The standard InChI is InChI=1S/C24H22FNO2S/c25-19-6-8-20(9-7-19)29-21-10-11-22-16(2-1-3-17(22)14-21)4-5-18-15-26-13-12-23(18)24(27)28/h6-16H,1-5H2,(H,27,28). The summed E-state index contributed by atoms with van der Waals surface area (Å²) in [6.07, 6.45) is 8.17. The molecule has 0 saturated heterocycles. The number of carboxylic acid groups (broad SMARTS) is 1. The number of carboxylic acids is 1. The van der Waals surface area contributed by atoms with E-state index >= 15 is 0 Å². The summed E-state index contributed by atoms with van der Waals surface area (Å²) in [5.74, 6) is -0.679. The van der Waals surface area contributed by atoms with Gasteiger partial charge in [0.2, 0.25) is 0 Å². The molecule has 148 valence electrons. The predicted molar refractivity (Wildman–Crippen MR) is 112 cm³/mol. The summed E-state index contributed by atoms with van der Waals surface area (Å²) in [5, 5.41) is 9.38. The van der Waals surface area contributed by atoms with Crippen LogP contribution in [0.5, 0.6) is 0 Å². The molecule has 1 aromatic heterocycles. The fourth-order valence-electron chi connectivity index (χ4n) is 4.06. The van der Waals surface area contributed by atoms with Crippen molar-refractivity contribution in [3.63, 3.8) is 0 Å². The van der Waals surface area contributed by atoms with Crippen molar-refractivity contribution in [3.8, 4) is 0 Å². The van der Waals surface area contributed by atoms with E-state index in [2.05, 4.69) is 23.2 Å². The number of nitrogens with zero attached hydrogens (tertiary/aromatic N) is 1. The first kappa shape index (κ1) is 19.6. The number of aromatic nitrogens is 1. The third kappa shape index (κ3) is 4.67. The molecule has 1 unspecified atom stereocenters. The zero-order valence-electron chi connectivity index (χ0n) is 16.0. The summed E-state index contributed by atoms with van der Waals surface area (Å²) >= 11 is 1.65. The van der Waals surface area contributed by atoms with E-state index in [1.807, 2.05) is 0 Å². The number of fused-ring (bicyclic) bond motifs is 1. The Morgan fingerprint density at radius 1 is 1.14 bits per heavy atom. The molecule has 0 radical (unpaired) electrons. The average Bonchev–Trinajstić information content (AvgIpc) is 2.74. The van der Waals surface area contributed by atoms with Gasteiger partial charge in [0.1, 0.15) is 5.82 Å². The van der Waals surface area contributed by atoms with Crippen molar-refractivity contribution in [1.82, 2.24) is 4.98 Å². The molecule has 0 spiro atoms. The minimum absolute atomic E-state index is 0.220. The van der Waals surface area contributed by atoms with Crippen molar-refractivity contribution in [2.45, 2.75) is 47.8 Å². The SMILES string of the molecule is O=C(O)c1ccncc1CCC1CCCc2cc(Sc3ccc(F)cc3)ccc21. The van der Waals surface area contributed by atoms with E-state index in [9.17, 15) is 14.3 Å². The molecule has 1 atom stereocenters. The Labute approximate surface area is 174 Å². The molecule has 3 aromatic rings. The highest BCUT2D eigenvalue weighted by Gasteiger charge is 2.21. The van der Waals surface area contributed by atoms with Crippen molar-refractivity contribution in [2.75, 3.05) is 0 Å². The second-order valence-corrected chi connectivity index (χ2v) is 8.53. The molecule has 0 saturated carbocycles. The van der Waals surface area contributed by atoms with Crippen molar-refractivity contribution in [1.29, 1.82) is 0 Å². The van der Waals surface area contributed by atoms with Crippen LogP contribution in [0, 0.1) is 5.82 Å². The minimum Gasteiger partial charge on any atom is -0.478 e. The molecule has 1 heterocycles. The molecule has 0 fully saturated rings. The maximum atomic E-state index is 13.1. The van der Waals surface area contributed by atoms with E-state index in [1.54, 1.807) is 36.2 Å². The first-order chi connectivity index (χ1) is 14.1. The maximum absolute atomic E-state index is 13.1. The predicted octanol–water partition coefficient (Wildman–Crippen LogP) is 6.12. The number of pyridine rings is 1. The summed E-state index contributed by atoms with van der Waals surface area (Å²) < 4.78 is 13.1. The molecule has 1 N–H and O–H groups in total. The number of aryl methyl sites for hydroxylation is 2. The Morgan fingerprint density at radius 3 is 2.72 bits per heavy atom. The molecule has 29 heavy (non-hydrogen) atoms. The Balaban J connectivity index is 1.48. The molecule has 4 rings (SSSR count).